The number of amides is 1. The summed E-state index contributed by atoms with van der Waals surface area (Å²) in [7, 11) is 0. The summed E-state index contributed by atoms with van der Waals surface area (Å²) in [4.78, 5) is 12.3. The van der Waals surface area contributed by atoms with Gasteiger partial charge in [-0.05, 0) is 12.8 Å². The van der Waals surface area contributed by atoms with Crippen molar-refractivity contribution < 1.29 is 14.6 Å². The Morgan fingerprint density at radius 1 is 1.05 bits per heavy atom. The van der Waals surface area contributed by atoms with Crippen LogP contribution >= 0.6 is 0 Å². The van der Waals surface area contributed by atoms with Crippen LogP contribution in [0.25, 0.3) is 0 Å². The lowest BCUT2D eigenvalue weighted by molar-refractivity contribution is -0.125. The van der Waals surface area contributed by atoms with Crippen molar-refractivity contribution in [1.29, 1.82) is 0 Å². The van der Waals surface area contributed by atoms with Crippen molar-refractivity contribution in [2.45, 2.75) is 43.1 Å². The summed E-state index contributed by atoms with van der Waals surface area (Å²) >= 11 is 0. The number of carbonyl (C=O) groups is 1. The smallest absolute Gasteiger partial charge is 0.237 e. The SMILES string of the molecule is C=C1NCC2COCC(CNC(=O)C3CC(O)CC1N3)N2. The minimum absolute atomic E-state index is 0.0731. The maximum atomic E-state index is 12.3. The van der Waals surface area contributed by atoms with Gasteiger partial charge < -0.3 is 25.8 Å². The molecule has 0 radical (unpaired) electrons. The zero-order valence-corrected chi connectivity index (χ0v) is 12.1. The van der Waals surface area contributed by atoms with Crippen molar-refractivity contribution in [3.63, 3.8) is 0 Å². The van der Waals surface area contributed by atoms with E-state index in [1.807, 2.05) is 0 Å². The van der Waals surface area contributed by atoms with Gasteiger partial charge in [0.1, 0.15) is 0 Å². The number of morpholine rings is 1. The Bertz CT molecular complexity index is 383. The first-order chi connectivity index (χ1) is 10.1. The molecule has 4 bridgehead atoms. The van der Waals surface area contributed by atoms with Crippen molar-refractivity contribution >= 4 is 5.91 Å². The monoisotopic (exact) mass is 296 g/mol. The van der Waals surface area contributed by atoms with Crippen LogP contribution in [0.2, 0.25) is 0 Å². The Hall–Kier alpha value is -1.15. The molecule has 5 N–H and O–H groups in total. The van der Waals surface area contributed by atoms with Crippen molar-refractivity contribution in [2.24, 2.45) is 0 Å². The maximum Gasteiger partial charge on any atom is 0.237 e. The largest absolute Gasteiger partial charge is 0.393 e. The van der Waals surface area contributed by atoms with E-state index in [0.29, 0.717) is 32.6 Å². The molecule has 3 fully saturated rings. The number of aliphatic hydroxyl groups excluding tert-OH is 1. The average Bonchev–Trinajstić information content (AvgIpc) is 2.49. The summed E-state index contributed by atoms with van der Waals surface area (Å²) in [6.45, 7) is 6.55. The zero-order valence-electron chi connectivity index (χ0n) is 12.1. The van der Waals surface area contributed by atoms with Gasteiger partial charge in [-0.1, -0.05) is 6.58 Å². The van der Waals surface area contributed by atoms with E-state index in [9.17, 15) is 9.90 Å². The van der Waals surface area contributed by atoms with E-state index >= 15 is 0 Å². The van der Waals surface area contributed by atoms with Crippen LogP contribution in [-0.4, -0.2) is 67.6 Å². The van der Waals surface area contributed by atoms with E-state index in [0.717, 1.165) is 12.2 Å². The van der Waals surface area contributed by atoms with Gasteiger partial charge in [0.2, 0.25) is 5.91 Å². The van der Waals surface area contributed by atoms with Crippen molar-refractivity contribution in [3.05, 3.63) is 12.3 Å². The molecule has 1 amide bonds. The summed E-state index contributed by atoms with van der Waals surface area (Å²) in [5.74, 6) is -0.0731. The van der Waals surface area contributed by atoms with Crippen LogP contribution in [0.1, 0.15) is 12.8 Å². The fourth-order valence-corrected chi connectivity index (χ4v) is 3.19. The van der Waals surface area contributed by atoms with Crippen LogP contribution in [0.5, 0.6) is 0 Å². The molecule has 21 heavy (non-hydrogen) atoms. The van der Waals surface area contributed by atoms with Gasteiger partial charge in [0.05, 0.1) is 25.4 Å². The molecule has 0 aliphatic carbocycles. The van der Waals surface area contributed by atoms with Crippen LogP contribution in [0.15, 0.2) is 12.3 Å². The van der Waals surface area contributed by atoms with Gasteiger partial charge in [0.15, 0.2) is 0 Å². The summed E-state index contributed by atoms with van der Waals surface area (Å²) in [5.41, 5.74) is 0.816. The predicted molar refractivity (Wildman–Crippen MR) is 77.6 cm³/mol. The Morgan fingerprint density at radius 2 is 1.71 bits per heavy atom. The highest BCUT2D eigenvalue weighted by Crippen LogP contribution is 2.18. The van der Waals surface area contributed by atoms with Gasteiger partial charge in [-0.15, -0.1) is 0 Å². The quantitative estimate of drug-likeness (QED) is 0.357. The van der Waals surface area contributed by atoms with Crippen LogP contribution in [-0.2, 0) is 9.53 Å². The molecule has 7 nitrogen and oxygen atoms in total. The fraction of sp³-hybridized carbons (Fsp3) is 0.786. The highest BCUT2D eigenvalue weighted by atomic mass is 16.5. The molecule has 0 aromatic heterocycles. The van der Waals surface area contributed by atoms with Gasteiger partial charge in [-0.2, -0.15) is 0 Å². The van der Waals surface area contributed by atoms with E-state index in [-0.39, 0.29) is 30.1 Å². The van der Waals surface area contributed by atoms with Gasteiger partial charge in [-0.3, -0.25) is 10.1 Å². The van der Waals surface area contributed by atoms with E-state index in [2.05, 4.69) is 27.8 Å². The van der Waals surface area contributed by atoms with Crippen molar-refractivity contribution in [1.82, 2.24) is 21.3 Å². The first-order valence-corrected chi connectivity index (χ1v) is 7.60. The lowest BCUT2D eigenvalue weighted by Gasteiger charge is -2.38. The van der Waals surface area contributed by atoms with E-state index in [1.54, 1.807) is 0 Å². The number of hydrogen-bond donors (Lipinski definition) is 5. The topological polar surface area (TPSA) is 94.7 Å². The van der Waals surface area contributed by atoms with E-state index in [1.165, 1.54) is 0 Å². The third-order valence-electron chi connectivity index (χ3n) is 4.36. The third-order valence-corrected chi connectivity index (χ3v) is 4.36. The molecule has 0 aromatic carbocycles. The van der Waals surface area contributed by atoms with Gasteiger partial charge in [0.25, 0.3) is 0 Å². The molecule has 3 saturated heterocycles. The maximum absolute atomic E-state index is 12.3. The number of carbonyl (C=O) groups excluding carboxylic acids is 1. The minimum Gasteiger partial charge on any atom is -0.393 e. The minimum atomic E-state index is -0.477. The molecule has 5 unspecified atom stereocenters. The molecule has 3 aliphatic heterocycles. The molecule has 118 valence electrons. The molecule has 5 atom stereocenters. The second-order valence-corrected chi connectivity index (χ2v) is 6.15. The molecule has 0 spiro atoms. The Morgan fingerprint density at radius 3 is 2.48 bits per heavy atom. The Balaban J connectivity index is 1.73. The number of piperidine rings is 1. The number of fused-ring (bicyclic) bond motifs is 4. The zero-order chi connectivity index (χ0) is 14.8. The normalized spacial score (nSPS) is 41.3. The summed E-state index contributed by atoms with van der Waals surface area (Å²) in [6, 6.07) is -0.158. The molecule has 0 aromatic rings. The van der Waals surface area contributed by atoms with Crippen LogP contribution in [0.3, 0.4) is 0 Å². The summed E-state index contributed by atoms with van der Waals surface area (Å²) in [5, 5.41) is 23.0. The number of aliphatic hydroxyl groups is 1. The molecule has 7 heteroatoms. The van der Waals surface area contributed by atoms with Gasteiger partial charge in [-0.25, -0.2) is 0 Å². The standard InChI is InChI=1S/C14H24N4O3/c1-8-12-2-11(19)3-13(18-12)14(20)16-5-10-7-21-6-9(17-10)4-15-8/h9-13,15,17-19H,1-7H2,(H,16,20). The Labute approximate surface area is 124 Å². The molecular formula is C14H24N4O3. The number of nitrogens with one attached hydrogen (secondary N) is 4. The molecule has 3 heterocycles. The molecule has 0 saturated carbocycles. The highest BCUT2D eigenvalue weighted by molar-refractivity contribution is 5.82. The van der Waals surface area contributed by atoms with Crippen LogP contribution < -0.4 is 21.3 Å². The summed E-state index contributed by atoms with van der Waals surface area (Å²) < 4.78 is 5.58. The van der Waals surface area contributed by atoms with Crippen molar-refractivity contribution in [3.8, 4) is 0 Å². The van der Waals surface area contributed by atoms with Crippen LogP contribution in [0.4, 0.5) is 0 Å². The molecular weight excluding hydrogens is 272 g/mol. The second-order valence-electron chi connectivity index (χ2n) is 6.15. The van der Waals surface area contributed by atoms with Crippen LogP contribution in [0, 0.1) is 0 Å². The number of rotatable bonds is 0. The van der Waals surface area contributed by atoms with E-state index in [4.69, 9.17) is 4.74 Å². The first kappa shape index (κ1) is 14.8. The fourth-order valence-electron chi connectivity index (χ4n) is 3.19. The number of hydrogen-bond acceptors (Lipinski definition) is 6. The second kappa shape index (κ2) is 6.31. The Kier molecular flexibility index (Phi) is 4.44. The lowest BCUT2D eigenvalue weighted by atomic mass is 9.93. The third kappa shape index (κ3) is 3.55. The predicted octanol–water partition coefficient (Wildman–Crippen LogP) is -1.94. The van der Waals surface area contributed by atoms with Gasteiger partial charge >= 0.3 is 0 Å². The highest BCUT2D eigenvalue weighted by Gasteiger charge is 2.34. The average molecular weight is 296 g/mol. The molecule has 3 aliphatic rings. The first-order valence-electron chi connectivity index (χ1n) is 7.60. The lowest BCUT2D eigenvalue weighted by Crippen LogP contribution is -2.61. The van der Waals surface area contributed by atoms with Crippen molar-refractivity contribution in [2.75, 3.05) is 26.3 Å². The number of ether oxygens (including phenoxy) is 1. The summed E-state index contributed by atoms with van der Waals surface area (Å²) in [6.07, 6.45) is 0.536. The van der Waals surface area contributed by atoms with E-state index < -0.39 is 6.10 Å². The molecule has 3 rings (SSSR count). The van der Waals surface area contributed by atoms with Gasteiger partial charge in [0, 0.05) is 36.9 Å².